The highest BCUT2D eigenvalue weighted by Gasteiger charge is 2.17. The highest BCUT2D eigenvalue weighted by Crippen LogP contribution is 2.22. The normalized spacial score (nSPS) is 10.5. The quantitative estimate of drug-likeness (QED) is 0.664. The first-order valence-corrected chi connectivity index (χ1v) is 8.63. The second-order valence-corrected chi connectivity index (χ2v) is 6.38. The van der Waals surface area contributed by atoms with Crippen LogP contribution in [0.4, 0.5) is 0 Å². The van der Waals surface area contributed by atoms with Crippen molar-refractivity contribution in [2.45, 2.75) is 13.8 Å². The standard InChI is InChI=1S/C21H20N2O5/c1-12-8-13(2)15-10-17(22-16(15)9-12)21(26)28-11-19(24)23-20(25)14-6-4-5-7-18(14)27-3/h4-10,22H,11H2,1-3H3,(H,23,24,25). The number of aromatic nitrogens is 1. The summed E-state index contributed by atoms with van der Waals surface area (Å²) < 4.78 is 10.1. The van der Waals surface area contributed by atoms with Gasteiger partial charge in [-0.2, -0.15) is 0 Å². The van der Waals surface area contributed by atoms with Gasteiger partial charge >= 0.3 is 5.97 Å². The molecule has 0 aliphatic rings. The Bertz CT molecular complexity index is 1070. The number of esters is 1. The van der Waals surface area contributed by atoms with E-state index in [2.05, 4.69) is 10.3 Å². The van der Waals surface area contributed by atoms with Crippen molar-refractivity contribution in [3.05, 3.63) is 64.8 Å². The number of benzene rings is 2. The number of hydrogen-bond acceptors (Lipinski definition) is 5. The zero-order valence-electron chi connectivity index (χ0n) is 15.8. The summed E-state index contributed by atoms with van der Waals surface area (Å²) in [6.07, 6.45) is 0. The van der Waals surface area contributed by atoms with Crippen LogP contribution < -0.4 is 10.1 Å². The molecular formula is C21H20N2O5. The van der Waals surface area contributed by atoms with Crippen LogP contribution in [0.25, 0.3) is 10.9 Å². The van der Waals surface area contributed by atoms with Crippen molar-refractivity contribution < 1.29 is 23.9 Å². The Labute approximate surface area is 161 Å². The van der Waals surface area contributed by atoms with Gasteiger partial charge in [0.15, 0.2) is 6.61 Å². The number of imide groups is 1. The lowest BCUT2D eigenvalue weighted by Gasteiger charge is -2.08. The number of para-hydroxylation sites is 1. The van der Waals surface area contributed by atoms with Gasteiger partial charge in [0.25, 0.3) is 11.8 Å². The predicted molar refractivity (Wildman–Crippen MR) is 104 cm³/mol. The zero-order valence-corrected chi connectivity index (χ0v) is 15.8. The van der Waals surface area contributed by atoms with E-state index in [0.717, 1.165) is 22.0 Å². The third-order valence-corrected chi connectivity index (χ3v) is 4.25. The Morgan fingerprint density at radius 3 is 2.57 bits per heavy atom. The van der Waals surface area contributed by atoms with E-state index in [0.29, 0.717) is 5.75 Å². The fourth-order valence-electron chi connectivity index (χ4n) is 2.98. The van der Waals surface area contributed by atoms with Gasteiger partial charge in [0.2, 0.25) is 0 Å². The number of ether oxygens (including phenoxy) is 2. The van der Waals surface area contributed by atoms with Crippen molar-refractivity contribution >= 4 is 28.7 Å². The van der Waals surface area contributed by atoms with Crippen molar-refractivity contribution in [2.75, 3.05) is 13.7 Å². The number of fused-ring (bicyclic) bond motifs is 1. The molecule has 2 aromatic carbocycles. The molecule has 7 nitrogen and oxygen atoms in total. The maximum Gasteiger partial charge on any atom is 0.355 e. The molecule has 3 aromatic rings. The minimum Gasteiger partial charge on any atom is -0.496 e. The van der Waals surface area contributed by atoms with Crippen LogP contribution in [0.2, 0.25) is 0 Å². The molecule has 3 rings (SSSR count). The number of amides is 2. The van der Waals surface area contributed by atoms with Crippen LogP contribution in [0.15, 0.2) is 42.5 Å². The lowest BCUT2D eigenvalue weighted by atomic mass is 10.1. The Balaban J connectivity index is 1.62. The average molecular weight is 380 g/mol. The lowest BCUT2D eigenvalue weighted by molar-refractivity contribution is -0.123. The molecule has 0 radical (unpaired) electrons. The highest BCUT2D eigenvalue weighted by molar-refractivity contribution is 6.07. The zero-order chi connectivity index (χ0) is 20.3. The van der Waals surface area contributed by atoms with Crippen LogP contribution in [0, 0.1) is 13.8 Å². The summed E-state index contributed by atoms with van der Waals surface area (Å²) in [4.78, 5) is 39.4. The third kappa shape index (κ3) is 4.03. The van der Waals surface area contributed by atoms with Crippen molar-refractivity contribution in [3.63, 3.8) is 0 Å². The minimum absolute atomic E-state index is 0.214. The van der Waals surface area contributed by atoms with Gasteiger partial charge < -0.3 is 14.5 Å². The van der Waals surface area contributed by atoms with Crippen molar-refractivity contribution in [2.24, 2.45) is 0 Å². The van der Waals surface area contributed by atoms with E-state index >= 15 is 0 Å². The molecule has 144 valence electrons. The van der Waals surface area contributed by atoms with Crippen molar-refractivity contribution in [3.8, 4) is 5.75 Å². The van der Waals surface area contributed by atoms with Gasteiger partial charge in [0, 0.05) is 10.9 Å². The van der Waals surface area contributed by atoms with Crippen LogP contribution in [0.5, 0.6) is 5.75 Å². The summed E-state index contributed by atoms with van der Waals surface area (Å²) in [5.74, 6) is -1.69. The number of hydrogen-bond donors (Lipinski definition) is 2. The van der Waals surface area contributed by atoms with E-state index in [9.17, 15) is 14.4 Å². The number of rotatable bonds is 5. The first-order valence-electron chi connectivity index (χ1n) is 8.63. The van der Waals surface area contributed by atoms with Crippen LogP contribution >= 0.6 is 0 Å². The fraction of sp³-hybridized carbons (Fsp3) is 0.190. The summed E-state index contributed by atoms with van der Waals surface area (Å²) >= 11 is 0. The highest BCUT2D eigenvalue weighted by atomic mass is 16.5. The fourth-order valence-corrected chi connectivity index (χ4v) is 2.98. The summed E-state index contributed by atoms with van der Waals surface area (Å²) in [6, 6.07) is 12.1. The summed E-state index contributed by atoms with van der Waals surface area (Å²) in [5.41, 5.74) is 3.38. The molecular weight excluding hydrogens is 360 g/mol. The van der Waals surface area contributed by atoms with Crippen LogP contribution in [0.1, 0.15) is 32.0 Å². The molecule has 0 bridgehead atoms. The maximum atomic E-state index is 12.2. The second kappa shape index (κ2) is 7.96. The molecule has 0 saturated carbocycles. The van der Waals surface area contributed by atoms with E-state index in [1.165, 1.54) is 13.2 Å². The van der Waals surface area contributed by atoms with Gasteiger partial charge in [-0.15, -0.1) is 0 Å². The summed E-state index contributed by atoms with van der Waals surface area (Å²) in [6.45, 7) is 3.34. The number of H-pyrrole nitrogens is 1. The first kappa shape index (κ1) is 19.2. The predicted octanol–water partition coefficient (Wildman–Crippen LogP) is 2.91. The van der Waals surface area contributed by atoms with E-state index in [1.807, 2.05) is 26.0 Å². The van der Waals surface area contributed by atoms with Crippen LogP contribution in [0.3, 0.4) is 0 Å². The molecule has 0 atom stereocenters. The molecule has 0 saturated heterocycles. The Morgan fingerprint density at radius 2 is 1.82 bits per heavy atom. The Hall–Kier alpha value is -3.61. The largest absolute Gasteiger partial charge is 0.496 e. The van der Waals surface area contributed by atoms with Gasteiger partial charge in [-0.3, -0.25) is 14.9 Å². The molecule has 0 aliphatic carbocycles. The number of aromatic amines is 1. The molecule has 0 spiro atoms. The number of nitrogens with one attached hydrogen (secondary N) is 2. The van der Waals surface area contributed by atoms with Crippen molar-refractivity contribution in [1.82, 2.24) is 10.3 Å². The van der Waals surface area contributed by atoms with Crippen LogP contribution in [-0.4, -0.2) is 36.5 Å². The number of methoxy groups -OCH3 is 1. The molecule has 0 unspecified atom stereocenters. The van der Waals surface area contributed by atoms with E-state index in [4.69, 9.17) is 9.47 Å². The molecule has 2 amide bonds. The average Bonchev–Trinajstić information content (AvgIpc) is 3.10. The second-order valence-electron chi connectivity index (χ2n) is 6.38. The number of aryl methyl sites for hydroxylation is 2. The van der Waals surface area contributed by atoms with E-state index in [-0.39, 0.29) is 11.3 Å². The molecule has 1 heterocycles. The molecule has 2 N–H and O–H groups in total. The lowest BCUT2D eigenvalue weighted by Crippen LogP contribution is -2.34. The Morgan fingerprint density at radius 1 is 1.07 bits per heavy atom. The topological polar surface area (TPSA) is 97.5 Å². The number of carbonyl (C=O) groups is 3. The minimum atomic E-state index is -0.729. The SMILES string of the molecule is COc1ccccc1C(=O)NC(=O)COC(=O)c1cc2c(C)cc(C)cc2[nH]1. The molecule has 0 fully saturated rings. The maximum absolute atomic E-state index is 12.2. The molecule has 28 heavy (non-hydrogen) atoms. The molecule has 0 aliphatic heterocycles. The monoisotopic (exact) mass is 380 g/mol. The Kier molecular flexibility index (Phi) is 5.44. The van der Waals surface area contributed by atoms with Gasteiger partial charge in [-0.05, 0) is 49.2 Å². The van der Waals surface area contributed by atoms with Crippen molar-refractivity contribution in [1.29, 1.82) is 0 Å². The smallest absolute Gasteiger partial charge is 0.355 e. The van der Waals surface area contributed by atoms with Crippen LogP contribution in [-0.2, 0) is 9.53 Å². The van der Waals surface area contributed by atoms with Gasteiger partial charge in [-0.1, -0.05) is 18.2 Å². The van der Waals surface area contributed by atoms with E-state index < -0.39 is 24.4 Å². The summed E-state index contributed by atoms with van der Waals surface area (Å²) in [5, 5.41) is 3.09. The molecule has 7 heteroatoms. The van der Waals surface area contributed by atoms with Gasteiger partial charge in [0.1, 0.15) is 11.4 Å². The first-order chi connectivity index (χ1) is 13.4. The summed E-state index contributed by atoms with van der Waals surface area (Å²) in [7, 11) is 1.43. The number of carbonyl (C=O) groups excluding carboxylic acids is 3. The molecule has 1 aromatic heterocycles. The van der Waals surface area contributed by atoms with Gasteiger partial charge in [0.05, 0.1) is 12.7 Å². The van der Waals surface area contributed by atoms with Gasteiger partial charge in [-0.25, -0.2) is 4.79 Å². The van der Waals surface area contributed by atoms with E-state index in [1.54, 1.807) is 24.3 Å². The third-order valence-electron chi connectivity index (χ3n) is 4.25.